The Bertz CT molecular complexity index is 1450. The van der Waals surface area contributed by atoms with Gasteiger partial charge in [0.05, 0.1) is 12.5 Å². The first-order chi connectivity index (χ1) is 23.2. The third kappa shape index (κ3) is 7.01. The van der Waals surface area contributed by atoms with E-state index in [4.69, 9.17) is 19.9 Å². The van der Waals surface area contributed by atoms with Crippen LogP contribution in [-0.2, 0) is 35.2 Å². The molecule has 8 heteroatoms. The first-order valence-electron chi connectivity index (χ1n) is 18.5. The van der Waals surface area contributed by atoms with E-state index in [9.17, 15) is 19.5 Å². The summed E-state index contributed by atoms with van der Waals surface area (Å²) in [6.45, 7) is 15.2. The SMILES string of the molecule is CC(=O)O[C@H]1C[C@@]2(C)[C@@H](C[C@@H](O)[C@H]3[C@@]4(C)CC[C@@H](OC(=O)CCN)[C@@H](C)[C@@H]4CC[C@@]32C)/C1=C(\CCC=C(C)C)C(=O)OCc1ccccc1. The summed E-state index contributed by atoms with van der Waals surface area (Å²) in [5.41, 5.74) is 8.32. The van der Waals surface area contributed by atoms with Crippen molar-refractivity contribution < 1.29 is 33.7 Å². The number of hydrogen-bond acceptors (Lipinski definition) is 8. The number of fused-ring (bicyclic) bond motifs is 5. The largest absolute Gasteiger partial charge is 0.462 e. The molecular formula is C41H59NO7. The van der Waals surface area contributed by atoms with Crippen molar-refractivity contribution >= 4 is 17.9 Å². The molecule has 1 aromatic carbocycles. The van der Waals surface area contributed by atoms with Crippen molar-refractivity contribution in [3.05, 3.63) is 58.7 Å². The molecule has 0 spiro atoms. The molecule has 4 aliphatic carbocycles. The number of ether oxygens (including phenoxy) is 3. The van der Waals surface area contributed by atoms with Crippen molar-refractivity contribution in [3.8, 4) is 0 Å². The van der Waals surface area contributed by atoms with Crippen LogP contribution in [0.4, 0.5) is 0 Å². The average Bonchev–Trinajstić information content (AvgIpc) is 3.31. The van der Waals surface area contributed by atoms with Gasteiger partial charge in [-0.3, -0.25) is 9.59 Å². The maximum Gasteiger partial charge on any atom is 0.334 e. The van der Waals surface area contributed by atoms with Crippen molar-refractivity contribution in [2.45, 2.75) is 131 Å². The van der Waals surface area contributed by atoms with Crippen LogP contribution in [0.15, 0.2) is 53.1 Å². The van der Waals surface area contributed by atoms with Gasteiger partial charge in [0.2, 0.25) is 0 Å². The summed E-state index contributed by atoms with van der Waals surface area (Å²) in [6.07, 6.45) is 6.70. The number of benzene rings is 1. The van der Waals surface area contributed by atoms with Crippen LogP contribution >= 0.6 is 0 Å². The maximum atomic E-state index is 14.1. The molecule has 3 N–H and O–H groups in total. The number of nitrogens with two attached hydrogens (primary N) is 1. The van der Waals surface area contributed by atoms with E-state index in [1.54, 1.807) is 0 Å². The molecule has 4 aliphatic rings. The van der Waals surface area contributed by atoms with E-state index in [1.807, 2.05) is 44.2 Å². The molecule has 0 aliphatic heterocycles. The number of aliphatic hydroxyl groups is 1. The lowest BCUT2D eigenvalue weighted by atomic mass is 9.36. The third-order valence-corrected chi connectivity index (χ3v) is 13.4. The van der Waals surface area contributed by atoms with E-state index in [0.717, 1.165) is 36.8 Å². The van der Waals surface area contributed by atoms with Crippen molar-refractivity contribution in [1.82, 2.24) is 0 Å². The Kier molecular flexibility index (Phi) is 11.2. The summed E-state index contributed by atoms with van der Waals surface area (Å²) in [6, 6.07) is 9.65. The van der Waals surface area contributed by atoms with E-state index < -0.39 is 12.2 Å². The molecule has 0 aromatic heterocycles. The summed E-state index contributed by atoms with van der Waals surface area (Å²) >= 11 is 0. The van der Waals surface area contributed by atoms with Gasteiger partial charge in [-0.05, 0) is 116 Å². The lowest BCUT2D eigenvalue weighted by molar-refractivity contribution is -0.236. The highest BCUT2D eigenvalue weighted by Gasteiger charge is 2.71. The van der Waals surface area contributed by atoms with Crippen molar-refractivity contribution in [3.63, 3.8) is 0 Å². The molecule has 4 saturated carbocycles. The molecule has 0 amide bonds. The minimum absolute atomic E-state index is 0.000345. The van der Waals surface area contributed by atoms with Gasteiger partial charge in [0.15, 0.2) is 0 Å². The predicted molar refractivity (Wildman–Crippen MR) is 189 cm³/mol. The molecule has 49 heavy (non-hydrogen) atoms. The molecular weight excluding hydrogens is 618 g/mol. The van der Waals surface area contributed by atoms with Gasteiger partial charge in [-0.1, -0.05) is 69.7 Å². The summed E-state index contributed by atoms with van der Waals surface area (Å²) in [7, 11) is 0. The Hall–Kier alpha value is -2.97. The topological polar surface area (TPSA) is 125 Å². The lowest BCUT2D eigenvalue weighted by Gasteiger charge is -2.69. The van der Waals surface area contributed by atoms with E-state index in [2.05, 4.69) is 33.8 Å². The van der Waals surface area contributed by atoms with E-state index >= 15 is 0 Å². The van der Waals surface area contributed by atoms with Crippen LogP contribution < -0.4 is 5.73 Å². The molecule has 10 atom stereocenters. The third-order valence-electron chi connectivity index (χ3n) is 13.4. The minimum Gasteiger partial charge on any atom is -0.462 e. The highest BCUT2D eigenvalue weighted by Crippen LogP contribution is 2.74. The Balaban J connectivity index is 1.53. The molecule has 0 saturated heterocycles. The molecule has 0 unspecified atom stereocenters. The second-order valence-corrected chi connectivity index (χ2v) is 16.4. The average molecular weight is 678 g/mol. The Morgan fingerprint density at radius 1 is 0.980 bits per heavy atom. The molecule has 0 heterocycles. The van der Waals surface area contributed by atoms with E-state index in [1.165, 1.54) is 12.5 Å². The quantitative estimate of drug-likeness (QED) is 0.115. The number of rotatable bonds is 10. The maximum absolute atomic E-state index is 14.1. The predicted octanol–water partition coefficient (Wildman–Crippen LogP) is 7.22. The van der Waals surface area contributed by atoms with Gasteiger partial charge in [0, 0.05) is 19.0 Å². The van der Waals surface area contributed by atoms with Crippen LogP contribution in [0.1, 0.15) is 112 Å². The highest BCUT2D eigenvalue weighted by atomic mass is 16.5. The summed E-state index contributed by atoms with van der Waals surface area (Å²) in [5.74, 6) is -0.683. The van der Waals surface area contributed by atoms with Crippen molar-refractivity contribution in [1.29, 1.82) is 0 Å². The Morgan fingerprint density at radius 3 is 2.35 bits per heavy atom. The molecule has 0 bridgehead atoms. The second kappa shape index (κ2) is 14.7. The standard InChI is InChI=1S/C41H59NO7/c1-25(2)12-11-15-29(38(46)47-24-28-13-9-8-10-14-28)36-31-22-32(44)37-39(5)19-17-33(49-35(45)18-21-42)26(3)30(39)16-20-40(37,6)41(31,7)23-34(36)48-27(4)43/h8-10,12-14,26,30-34,37,44H,11,15-24,42H2,1-7H3/b36-29-/t26-,30-,31-,32+,33+,34-,37-,39-,40-,41-/m0/s1. The summed E-state index contributed by atoms with van der Waals surface area (Å²) in [4.78, 5) is 39.2. The zero-order valence-electron chi connectivity index (χ0n) is 30.8. The number of hydrogen-bond donors (Lipinski definition) is 2. The molecule has 0 radical (unpaired) electrons. The van der Waals surface area contributed by atoms with Crippen LogP contribution in [0.2, 0.25) is 0 Å². The van der Waals surface area contributed by atoms with E-state index in [0.29, 0.717) is 31.3 Å². The lowest BCUT2D eigenvalue weighted by Crippen LogP contribution is -2.65. The van der Waals surface area contributed by atoms with Crippen LogP contribution in [0, 0.1) is 39.9 Å². The van der Waals surface area contributed by atoms with Crippen LogP contribution in [0.3, 0.4) is 0 Å². The fraction of sp³-hybridized carbons (Fsp3) is 0.683. The zero-order valence-corrected chi connectivity index (χ0v) is 30.8. The normalized spacial score (nSPS) is 37.5. The fourth-order valence-electron chi connectivity index (χ4n) is 11.1. The fourth-order valence-corrected chi connectivity index (χ4v) is 11.1. The number of allylic oxidation sites excluding steroid dienone is 2. The number of carbonyl (C=O) groups is 3. The molecule has 5 rings (SSSR count). The minimum atomic E-state index is -0.607. The van der Waals surface area contributed by atoms with Crippen LogP contribution in [0.5, 0.6) is 0 Å². The van der Waals surface area contributed by atoms with Gasteiger partial charge in [-0.25, -0.2) is 4.79 Å². The highest BCUT2D eigenvalue weighted by molar-refractivity contribution is 5.90. The monoisotopic (exact) mass is 677 g/mol. The smallest absolute Gasteiger partial charge is 0.334 e. The Labute approximate surface area is 293 Å². The zero-order chi connectivity index (χ0) is 35.7. The van der Waals surface area contributed by atoms with Gasteiger partial charge < -0.3 is 25.1 Å². The second-order valence-electron chi connectivity index (χ2n) is 16.4. The van der Waals surface area contributed by atoms with E-state index in [-0.39, 0.29) is 83.5 Å². The first-order valence-corrected chi connectivity index (χ1v) is 18.5. The molecule has 270 valence electrons. The van der Waals surface area contributed by atoms with Crippen molar-refractivity contribution in [2.24, 2.45) is 45.7 Å². The van der Waals surface area contributed by atoms with Gasteiger partial charge >= 0.3 is 17.9 Å². The van der Waals surface area contributed by atoms with Gasteiger partial charge in [0.1, 0.15) is 18.8 Å². The number of aliphatic hydroxyl groups excluding tert-OH is 1. The summed E-state index contributed by atoms with van der Waals surface area (Å²) in [5, 5.41) is 12.4. The van der Waals surface area contributed by atoms with Gasteiger partial charge in [-0.2, -0.15) is 0 Å². The molecule has 1 aromatic rings. The molecule has 4 fully saturated rings. The summed E-state index contributed by atoms with van der Waals surface area (Å²) < 4.78 is 18.0. The van der Waals surface area contributed by atoms with Crippen LogP contribution in [0.25, 0.3) is 0 Å². The first kappa shape index (κ1) is 37.3. The van der Waals surface area contributed by atoms with Crippen LogP contribution in [-0.4, -0.2) is 47.9 Å². The number of carbonyl (C=O) groups excluding carboxylic acids is 3. The van der Waals surface area contributed by atoms with Gasteiger partial charge in [0.25, 0.3) is 0 Å². The van der Waals surface area contributed by atoms with Gasteiger partial charge in [-0.15, -0.1) is 0 Å². The Morgan fingerprint density at radius 2 is 1.69 bits per heavy atom. The number of esters is 3. The van der Waals surface area contributed by atoms with Crippen molar-refractivity contribution in [2.75, 3.05) is 6.54 Å². The molecule has 8 nitrogen and oxygen atoms in total.